The molecule has 0 bridgehead atoms. The minimum atomic E-state index is -0.457. The van der Waals surface area contributed by atoms with Gasteiger partial charge in [0.1, 0.15) is 5.60 Å². The molecule has 3 heterocycles. The molecule has 132 valence electrons. The van der Waals surface area contributed by atoms with Gasteiger partial charge in [0.25, 0.3) is 0 Å². The highest BCUT2D eigenvalue weighted by atomic mass is 16.5. The van der Waals surface area contributed by atoms with Crippen LogP contribution in [-0.4, -0.2) is 64.3 Å². The van der Waals surface area contributed by atoms with E-state index in [4.69, 9.17) is 4.74 Å². The summed E-state index contributed by atoms with van der Waals surface area (Å²) in [5.74, 6) is 0.890. The molecule has 0 unspecified atom stereocenters. The van der Waals surface area contributed by atoms with Crippen molar-refractivity contribution in [2.75, 3.05) is 32.8 Å². The smallest absolute Gasteiger partial charge is 0.240 e. The number of nitrogens with zero attached hydrogens (tertiary/aromatic N) is 4. The van der Waals surface area contributed by atoms with Gasteiger partial charge in [0.2, 0.25) is 5.91 Å². The molecule has 1 aromatic heterocycles. The highest BCUT2D eigenvalue weighted by Crippen LogP contribution is 2.38. The molecule has 0 spiro atoms. The van der Waals surface area contributed by atoms with Crippen LogP contribution in [0.25, 0.3) is 0 Å². The molecule has 6 heteroatoms. The Morgan fingerprint density at radius 2 is 2.08 bits per heavy atom. The lowest BCUT2D eigenvalue weighted by Gasteiger charge is -2.42. The second kappa shape index (κ2) is 6.15. The first kappa shape index (κ1) is 16.1. The van der Waals surface area contributed by atoms with E-state index >= 15 is 0 Å². The third kappa shape index (κ3) is 2.97. The van der Waals surface area contributed by atoms with E-state index < -0.39 is 5.60 Å². The normalized spacial score (nSPS) is 29.8. The molecule has 1 saturated carbocycles. The average Bonchev–Trinajstić information content (AvgIpc) is 3.06. The number of ether oxygens (including phenoxy) is 1. The molecule has 2 aliphatic heterocycles. The van der Waals surface area contributed by atoms with Crippen LogP contribution in [-0.2, 0) is 22.2 Å². The Bertz CT molecular complexity index is 606. The van der Waals surface area contributed by atoms with Gasteiger partial charge < -0.3 is 9.64 Å². The summed E-state index contributed by atoms with van der Waals surface area (Å²) in [5.41, 5.74) is 0.591. The number of rotatable bonds is 4. The van der Waals surface area contributed by atoms with E-state index in [9.17, 15) is 4.79 Å². The Labute approximate surface area is 143 Å². The SMILES string of the molecule is Cn1cc([C@]2(C)CN(C(=O)[C@H](C3CC3)N3CCCC3)CCO2)cn1. The fraction of sp³-hybridized carbons (Fsp3) is 0.778. The van der Waals surface area contributed by atoms with E-state index in [0.717, 1.165) is 18.7 Å². The lowest BCUT2D eigenvalue weighted by Crippen LogP contribution is -2.56. The summed E-state index contributed by atoms with van der Waals surface area (Å²) in [6.45, 7) is 6.15. The average molecular weight is 332 g/mol. The van der Waals surface area contributed by atoms with Gasteiger partial charge >= 0.3 is 0 Å². The molecule has 2 atom stereocenters. The van der Waals surface area contributed by atoms with Crippen LogP contribution < -0.4 is 0 Å². The molecule has 1 aromatic rings. The molecule has 24 heavy (non-hydrogen) atoms. The number of carbonyl (C=O) groups excluding carboxylic acids is 1. The second-order valence-electron chi connectivity index (χ2n) is 7.77. The van der Waals surface area contributed by atoms with Gasteiger partial charge in [0.15, 0.2) is 0 Å². The van der Waals surface area contributed by atoms with Crippen molar-refractivity contribution in [3.05, 3.63) is 18.0 Å². The zero-order valence-electron chi connectivity index (χ0n) is 14.8. The Morgan fingerprint density at radius 3 is 2.71 bits per heavy atom. The van der Waals surface area contributed by atoms with E-state index in [-0.39, 0.29) is 6.04 Å². The van der Waals surface area contributed by atoms with E-state index in [1.807, 2.05) is 24.3 Å². The first-order valence-corrected chi connectivity index (χ1v) is 9.23. The van der Waals surface area contributed by atoms with Crippen molar-refractivity contribution in [1.29, 1.82) is 0 Å². The van der Waals surface area contributed by atoms with Crippen LogP contribution in [0.3, 0.4) is 0 Å². The number of likely N-dealkylation sites (tertiary alicyclic amines) is 1. The number of aryl methyl sites for hydroxylation is 1. The van der Waals surface area contributed by atoms with Gasteiger partial charge in [0, 0.05) is 25.4 Å². The van der Waals surface area contributed by atoms with Crippen LogP contribution in [0, 0.1) is 5.92 Å². The van der Waals surface area contributed by atoms with Crippen molar-refractivity contribution in [2.24, 2.45) is 13.0 Å². The maximum Gasteiger partial charge on any atom is 0.240 e. The van der Waals surface area contributed by atoms with E-state index in [2.05, 4.69) is 16.9 Å². The van der Waals surface area contributed by atoms with Crippen LogP contribution in [0.5, 0.6) is 0 Å². The van der Waals surface area contributed by atoms with E-state index in [0.29, 0.717) is 31.5 Å². The number of hydrogen-bond acceptors (Lipinski definition) is 4. The monoisotopic (exact) mass is 332 g/mol. The van der Waals surface area contributed by atoms with E-state index in [1.54, 1.807) is 4.68 Å². The third-order valence-electron chi connectivity index (χ3n) is 5.76. The molecule has 0 radical (unpaired) electrons. The quantitative estimate of drug-likeness (QED) is 0.836. The summed E-state index contributed by atoms with van der Waals surface area (Å²) in [5, 5.41) is 4.27. The molecule has 0 aromatic carbocycles. The molecule has 3 fully saturated rings. The number of carbonyl (C=O) groups is 1. The first-order valence-electron chi connectivity index (χ1n) is 9.23. The summed E-state index contributed by atoms with van der Waals surface area (Å²) in [4.78, 5) is 17.8. The summed E-state index contributed by atoms with van der Waals surface area (Å²) in [6.07, 6.45) is 8.72. The van der Waals surface area contributed by atoms with Crippen molar-refractivity contribution in [1.82, 2.24) is 19.6 Å². The fourth-order valence-corrected chi connectivity index (χ4v) is 4.20. The lowest BCUT2D eigenvalue weighted by atomic mass is 9.96. The maximum atomic E-state index is 13.3. The number of aromatic nitrogens is 2. The van der Waals surface area contributed by atoms with Crippen molar-refractivity contribution < 1.29 is 9.53 Å². The van der Waals surface area contributed by atoms with Gasteiger partial charge in [-0.1, -0.05) is 0 Å². The van der Waals surface area contributed by atoms with Gasteiger partial charge in [-0.15, -0.1) is 0 Å². The Kier molecular flexibility index (Phi) is 4.12. The van der Waals surface area contributed by atoms with Crippen molar-refractivity contribution in [2.45, 2.75) is 44.2 Å². The molecule has 1 amide bonds. The summed E-state index contributed by atoms with van der Waals surface area (Å²) >= 11 is 0. The zero-order chi connectivity index (χ0) is 16.7. The highest BCUT2D eigenvalue weighted by Gasteiger charge is 2.45. The van der Waals surface area contributed by atoms with Gasteiger partial charge in [-0.25, -0.2) is 0 Å². The van der Waals surface area contributed by atoms with Gasteiger partial charge in [-0.3, -0.25) is 14.4 Å². The van der Waals surface area contributed by atoms with Crippen LogP contribution in [0.1, 0.15) is 38.2 Å². The summed E-state index contributed by atoms with van der Waals surface area (Å²) in [7, 11) is 1.91. The molecule has 1 aliphatic carbocycles. The standard InChI is InChI=1S/C18H28N4O2/c1-18(15-11-19-20(2)12-15)13-22(9-10-24-18)17(23)16(14-5-6-14)21-7-3-4-8-21/h11-12,14,16H,3-10,13H2,1-2H3/t16-,18-/m0/s1. The molecule has 2 saturated heterocycles. The topological polar surface area (TPSA) is 50.6 Å². The van der Waals surface area contributed by atoms with Crippen LogP contribution >= 0.6 is 0 Å². The number of morpholine rings is 1. The van der Waals surface area contributed by atoms with E-state index in [1.165, 1.54) is 25.7 Å². The maximum absolute atomic E-state index is 13.3. The third-order valence-corrected chi connectivity index (χ3v) is 5.76. The second-order valence-corrected chi connectivity index (χ2v) is 7.77. The molecular weight excluding hydrogens is 304 g/mol. The molecule has 0 N–H and O–H groups in total. The fourth-order valence-electron chi connectivity index (χ4n) is 4.20. The predicted octanol–water partition coefficient (Wildman–Crippen LogP) is 1.37. The lowest BCUT2D eigenvalue weighted by molar-refractivity contribution is -0.155. The first-order chi connectivity index (χ1) is 11.6. The zero-order valence-corrected chi connectivity index (χ0v) is 14.8. The van der Waals surface area contributed by atoms with Crippen molar-refractivity contribution >= 4 is 5.91 Å². The molecule has 4 rings (SSSR count). The van der Waals surface area contributed by atoms with Crippen LogP contribution in [0.15, 0.2) is 12.4 Å². The van der Waals surface area contributed by atoms with Crippen LogP contribution in [0.4, 0.5) is 0 Å². The Morgan fingerprint density at radius 1 is 1.33 bits per heavy atom. The highest BCUT2D eigenvalue weighted by molar-refractivity contribution is 5.83. The number of amides is 1. The molecular formula is C18H28N4O2. The summed E-state index contributed by atoms with van der Waals surface area (Å²) in [6, 6.07) is 0.101. The van der Waals surface area contributed by atoms with Gasteiger partial charge in [-0.05, 0) is 51.6 Å². The molecule has 6 nitrogen and oxygen atoms in total. The Hall–Kier alpha value is -1.40. The minimum Gasteiger partial charge on any atom is -0.367 e. The van der Waals surface area contributed by atoms with Gasteiger partial charge in [-0.2, -0.15) is 5.10 Å². The van der Waals surface area contributed by atoms with Crippen molar-refractivity contribution in [3.63, 3.8) is 0 Å². The van der Waals surface area contributed by atoms with Gasteiger partial charge in [0.05, 0.1) is 25.4 Å². The van der Waals surface area contributed by atoms with Crippen LogP contribution in [0.2, 0.25) is 0 Å². The predicted molar refractivity (Wildman–Crippen MR) is 90.4 cm³/mol. The summed E-state index contributed by atoms with van der Waals surface area (Å²) < 4.78 is 7.86. The Balaban J connectivity index is 1.51. The minimum absolute atomic E-state index is 0.101. The van der Waals surface area contributed by atoms with Crippen molar-refractivity contribution in [3.8, 4) is 0 Å². The molecule has 3 aliphatic rings. The largest absolute Gasteiger partial charge is 0.367 e. The number of hydrogen-bond donors (Lipinski definition) is 0.